The smallest absolute Gasteiger partial charge is 0.219 e. The number of hydrogen-bond acceptors (Lipinski definition) is 3. The summed E-state index contributed by atoms with van der Waals surface area (Å²) in [4.78, 5) is 13.8. The van der Waals surface area contributed by atoms with Gasteiger partial charge in [0, 0.05) is 54.7 Å². The van der Waals surface area contributed by atoms with Crippen molar-refractivity contribution in [1.82, 2.24) is 14.7 Å². The summed E-state index contributed by atoms with van der Waals surface area (Å²) in [5, 5.41) is 16.4. The summed E-state index contributed by atoms with van der Waals surface area (Å²) in [6.45, 7) is 2.61. The Hall–Kier alpha value is -2.70. The number of aliphatic hydroxyl groups is 1. The molecule has 2 atom stereocenters. The van der Waals surface area contributed by atoms with E-state index < -0.39 is 6.10 Å². The van der Waals surface area contributed by atoms with Gasteiger partial charge in [0.15, 0.2) is 0 Å². The highest BCUT2D eigenvalue weighted by Gasteiger charge is 2.37. The number of nitrogens with zero attached hydrogens (tertiary/aromatic N) is 3. The largest absolute Gasteiger partial charge is 0.390 e. The second-order valence-corrected chi connectivity index (χ2v) is 8.41. The number of rotatable bonds is 2. The number of halogens is 2. The van der Waals surface area contributed by atoms with Crippen LogP contribution in [0.3, 0.4) is 0 Å². The number of amides is 1. The van der Waals surface area contributed by atoms with Crippen molar-refractivity contribution >= 4 is 17.5 Å². The minimum atomic E-state index is -0.616. The Morgan fingerprint density at radius 1 is 1.23 bits per heavy atom. The van der Waals surface area contributed by atoms with Crippen LogP contribution in [-0.4, -0.2) is 38.3 Å². The van der Waals surface area contributed by atoms with Gasteiger partial charge in [0.05, 0.1) is 11.8 Å². The van der Waals surface area contributed by atoms with Crippen molar-refractivity contribution < 1.29 is 14.3 Å². The number of fused-ring (bicyclic) bond motifs is 2. The second-order valence-electron chi connectivity index (χ2n) is 7.98. The van der Waals surface area contributed by atoms with Gasteiger partial charge in [0.2, 0.25) is 5.91 Å². The van der Waals surface area contributed by atoms with Crippen LogP contribution in [-0.2, 0) is 24.2 Å². The summed E-state index contributed by atoms with van der Waals surface area (Å²) in [6, 6.07) is 11.6. The van der Waals surface area contributed by atoms with Crippen molar-refractivity contribution in [3.05, 3.63) is 75.7 Å². The Labute approximate surface area is 178 Å². The van der Waals surface area contributed by atoms with Crippen molar-refractivity contribution in [2.75, 3.05) is 6.54 Å². The van der Waals surface area contributed by atoms with E-state index in [1.165, 1.54) is 12.1 Å². The summed E-state index contributed by atoms with van der Waals surface area (Å²) in [5.41, 5.74) is 5.49. The van der Waals surface area contributed by atoms with Gasteiger partial charge in [0.25, 0.3) is 0 Å². The van der Waals surface area contributed by atoms with E-state index in [-0.39, 0.29) is 17.8 Å². The molecule has 1 amide bonds. The van der Waals surface area contributed by atoms with E-state index in [9.17, 15) is 14.3 Å². The lowest BCUT2D eigenvalue weighted by molar-refractivity contribution is -0.129. The first kappa shape index (κ1) is 19.3. The summed E-state index contributed by atoms with van der Waals surface area (Å²) in [5.74, 6) is -0.302. The standard InChI is InChI=1S/C23H21ClFN3O2/c1-13(29)27-9-8-20-19(12-27)22(14-3-6-17(25)7-4-14)26-28(20)23-18-11-16(24)5-2-15(18)10-21(23)30/h2-7,11,21,23,30H,8-10,12H2,1H3. The maximum Gasteiger partial charge on any atom is 0.219 e. The molecule has 0 saturated carbocycles. The predicted octanol–water partition coefficient (Wildman–Crippen LogP) is 3.75. The van der Waals surface area contributed by atoms with Gasteiger partial charge >= 0.3 is 0 Å². The molecule has 2 aromatic carbocycles. The SMILES string of the molecule is CC(=O)N1CCc2c(c(-c3ccc(F)cc3)nn2C2c3cc(Cl)ccc3CC2O)C1. The number of aromatic nitrogens is 2. The van der Waals surface area contributed by atoms with E-state index in [0.717, 1.165) is 33.6 Å². The van der Waals surface area contributed by atoms with E-state index in [0.29, 0.717) is 31.0 Å². The molecule has 7 heteroatoms. The van der Waals surface area contributed by atoms with Crippen molar-refractivity contribution in [3.63, 3.8) is 0 Å². The average Bonchev–Trinajstić information content (AvgIpc) is 3.24. The van der Waals surface area contributed by atoms with Crippen LogP contribution in [0.2, 0.25) is 5.02 Å². The van der Waals surface area contributed by atoms with Crippen LogP contribution in [0.4, 0.5) is 4.39 Å². The molecule has 30 heavy (non-hydrogen) atoms. The van der Waals surface area contributed by atoms with Gasteiger partial charge in [0.1, 0.15) is 11.9 Å². The zero-order chi connectivity index (χ0) is 21.0. The van der Waals surface area contributed by atoms with E-state index in [2.05, 4.69) is 0 Å². The topological polar surface area (TPSA) is 58.4 Å². The highest BCUT2D eigenvalue weighted by molar-refractivity contribution is 6.30. The third-order valence-corrected chi connectivity index (χ3v) is 6.37. The van der Waals surface area contributed by atoms with Gasteiger partial charge in [-0.1, -0.05) is 17.7 Å². The molecule has 1 N–H and O–H groups in total. The van der Waals surface area contributed by atoms with E-state index in [1.54, 1.807) is 24.0 Å². The first-order valence-electron chi connectivity index (χ1n) is 10.0. The summed E-state index contributed by atoms with van der Waals surface area (Å²) < 4.78 is 15.4. The van der Waals surface area contributed by atoms with Gasteiger partial charge < -0.3 is 10.0 Å². The summed E-state index contributed by atoms with van der Waals surface area (Å²) in [7, 11) is 0. The lowest BCUT2D eigenvalue weighted by Crippen LogP contribution is -2.35. The third kappa shape index (κ3) is 3.11. The van der Waals surface area contributed by atoms with E-state index >= 15 is 0 Å². The maximum atomic E-state index is 13.5. The predicted molar refractivity (Wildman–Crippen MR) is 112 cm³/mol. The minimum absolute atomic E-state index is 0.0106. The molecule has 2 aliphatic rings. The van der Waals surface area contributed by atoms with Crippen LogP contribution < -0.4 is 0 Å². The molecule has 154 valence electrons. The Balaban J connectivity index is 1.67. The molecule has 0 bridgehead atoms. The molecule has 0 fully saturated rings. The highest BCUT2D eigenvalue weighted by atomic mass is 35.5. The Morgan fingerprint density at radius 2 is 2.00 bits per heavy atom. The highest BCUT2D eigenvalue weighted by Crippen LogP contribution is 2.40. The van der Waals surface area contributed by atoms with Gasteiger partial charge in [-0.05, 0) is 47.5 Å². The quantitative estimate of drug-likeness (QED) is 0.680. The summed E-state index contributed by atoms with van der Waals surface area (Å²) >= 11 is 6.25. The molecule has 3 aromatic rings. The van der Waals surface area contributed by atoms with E-state index in [1.807, 2.05) is 22.9 Å². The number of aliphatic hydroxyl groups excluding tert-OH is 1. The first-order chi connectivity index (χ1) is 14.4. The third-order valence-electron chi connectivity index (χ3n) is 6.13. The van der Waals surface area contributed by atoms with Gasteiger partial charge in [-0.25, -0.2) is 4.39 Å². The molecule has 1 aliphatic heterocycles. The molecular weight excluding hydrogens is 405 g/mol. The van der Waals surface area contributed by atoms with Crippen molar-refractivity contribution in [3.8, 4) is 11.3 Å². The fraction of sp³-hybridized carbons (Fsp3) is 0.304. The lowest BCUT2D eigenvalue weighted by atomic mass is 10.00. The zero-order valence-electron chi connectivity index (χ0n) is 16.5. The fourth-order valence-corrected chi connectivity index (χ4v) is 4.83. The number of carbonyl (C=O) groups excluding carboxylic acids is 1. The molecule has 0 spiro atoms. The van der Waals surface area contributed by atoms with Crippen LogP contribution in [0, 0.1) is 5.82 Å². The van der Waals surface area contributed by atoms with E-state index in [4.69, 9.17) is 16.7 Å². The molecule has 5 rings (SSSR count). The average molecular weight is 426 g/mol. The monoisotopic (exact) mass is 425 g/mol. The van der Waals surface area contributed by atoms with Crippen molar-refractivity contribution in [2.45, 2.75) is 38.5 Å². The van der Waals surface area contributed by atoms with Crippen LogP contribution in [0.25, 0.3) is 11.3 Å². The molecule has 1 aromatic heterocycles. The molecule has 0 radical (unpaired) electrons. The Kier molecular flexibility index (Phi) is 4.64. The lowest BCUT2D eigenvalue weighted by Gasteiger charge is -2.28. The van der Waals surface area contributed by atoms with Crippen LogP contribution in [0.1, 0.15) is 35.3 Å². The van der Waals surface area contributed by atoms with Crippen LogP contribution in [0.15, 0.2) is 42.5 Å². The molecule has 2 heterocycles. The number of carbonyl (C=O) groups is 1. The normalized spacial score (nSPS) is 20.2. The molecule has 1 aliphatic carbocycles. The maximum absolute atomic E-state index is 13.5. The first-order valence-corrected chi connectivity index (χ1v) is 10.4. The van der Waals surface area contributed by atoms with Crippen molar-refractivity contribution in [2.24, 2.45) is 0 Å². The molecular formula is C23H21ClFN3O2. The van der Waals surface area contributed by atoms with Gasteiger partial charge in [-0.2, -0.15) is 5.10 Å². The fourth-order valence-electron chi connectivity index (χ4n) is 4.65. The second kappa shape index (κ2) is 7.22. The van der Waals surface area contributed by atoms with Gasteiger partial charge in [-0.3, -0.25) is 9.48 Å². The minimum Gasteiger partial charge on any atom is -0.390 e. The molecule has 5 nitrogen and oxygen atoms in total. The zero-order valence-corrected chi connectivity index (χ0v) is 17.2. The van der Waals surface area contributed by atoms with Crippen molar-refractivity contribution in [1.29, 1.82) is 0 Å². The molecule has 0 saturated heterocycles. The molecule has 2 unspecified atom stereocenters. The van der Waals surface area contributed by atoms with Crippen LogP contribution >= 0.6 is 11.6 Å². The Morgan fingerprint density at radius 3 is 2.73 bits per heavy atom. The Bertz CT molecular complexity index is 1140. The summed E-state index contributed by atoms with van der Waals surface area (Å²) in [6.07, 6.45) is 0.564. The number of benzene rings is 2. The van der Waals surface area contributed by atoms with Crippen LogP contribution in [0.5, 0.6) is 0 Å². The van der Waals surface area contributed by atoms with Gasteiger partial charge in [-0.15, -0.1) is 0 Å². The number of hydrogen-bond donors (Lipinski definition) is 1.